The molecule has 1 aromatic heterocycles. The third kappa shape index (κ3) is 4.13. The highest BCUT2D eigenvalue weighted by Crippen LogP contribution is 2.34. The Bertz CT molecular complexity index is 1070. The molecular weight excluding hydrogens is 384 g/mol. The molecule has 1 fully saturated rings. The van der Waals surface area contributed by atoms with Crippen molar-refractivity contribution < 1.29 is 14.3 Å². The maximum absolute atomic E-state index is 12.7. The Kier molecular flexibility index (Phi) is 5.83. The number of nitrogens with zero attached hydrogens (tertiary/aromatic N) is 2. The molecule has 0 unspecified atom stereocenters. The predicted molar refractivity (Wildman–Crippen MR) is 117 cm³/mol. The van der Waals surface area contributed by atoms with Gasteiger partial charge < -0.3 is 9.30 Å². The van der Waals surface area contributed by atoms with Crippen LogP contribution in [0.1, 0.15) is 17.5 Å². The van der Waals surface area contributed by atoms with Crippen molar-refractivity contribution in [3.05, 3.63) is 76.8 Å². The van der Waals surface area contributed by atoms with Gasteiger partial charge in [0, 0.05) is 49.5 Å². The lowest BCUT2D eigenvalue weighted by molar-refractivity contribution is -0.122. The van der Waals surface area contributed by atoms with Gasteiger partial charge in [-0.2, -0.15) is 0 Å². The lowest BCUT2D eigenvalue weighted by Crippen LogP contribution is -2.29. The molecule has 5 nitrogen and oxygen atoms in total. The van der Waals surface area contributed by atoms with Gasteiger partial charge in [0.05, 0.1) is 4.91 Å². The van der Waals surface area contributed by atoms with E-state index in [2.05, 4.69) is 29.0 Å². The standard InChI is InChI=1S/C23H22N2O3S/c1-28-13-7-12-25-22(26)21(29-23(25)27)14-18-16-24(15-17-8-3-2-4-9-17)20-11-6-5-10-19(18)20/h2-6,8-11,14,16H,7,12-13,15H2,1H3/b21-14+. The Morgan fingerprint density at radius 2 is 1.79 bits per heavy atom. The van der Waals surface area contributed by atoms with Gasteiger partial charge in [-0.15, -0.1) is 0 Å². The van der Waals surface area contributed by atoms with Crippen LogP contribution in [0.15, 0.2) is 65.7 Å². The van der Waals surface area contributed by atoms with Crippen molar-refractivity contribution in [1.29, 1.82) is 0 Å². The molecule has 6 heteroatoms. The van der Waals surface area contributed by atoms with E-state index in [9.17, 15) is 9.59 Å². The number of thioether (sulfide) groups is 1. The van der Waals surface area contributed by atoms with Gasteiger partial charge in [-0.25, -0.2) is 0 Å². The number of carbonyl (C=O) groups is 2. The summed E-state index contributed by atoms with van der Waals surface area (Å²) in [6.07, 6.45) is 4.53. The molecule has 0 spiro atoms. The van der Waals surface area contributed by atoms with Crippen LogP contribution in [0, 0.1) is 0 Å². The molecule has 1 aliphatic rings. The number of hydrogen-bond acceptors (Lipinski definition) is 4. The average Bonchev–Trinajstić information content (AvgIpc) is 3.21. The molecule has 1 saturated heterocycles. The fourth-order valence-corrected chi connectivity index (χ4v) is 4.36. The number of rotatable bonds is 7. The lowest BCUT2D eigenvalue weighted by Gasteiger charge is -2.11. The van der Waals surface area contributed by atoms with Gasteiger partial charge in [0.2, 0.25) is 0 Å². The molecule has 0 radical (unpaired) electrons. The fourth-order valence-electron chi connectivity index (χ4n) is 3.50. The molecule has 3 aromatic rings. The van der Waals surface area contributed by atoms with Gasteiger partial charge in [-0.3, -0.25) is 14.5 Å². The number of aromatic nitrogens is 1. The van der Waals surface area contributed by atoms with Crippen molar-refractivity contribution in [2.24, 2.45) is 0 Å². The number of fused-ring (bicyclic) bond motifs is 1. The molecule has 2 heterocycles. The summed E-state index contributed by atoms with van der Waals surface area (Å²) in [5.41, 5.74) is 3.25. The molecule has 1 aliphatic heterocycles. The first-order chi connectivity index (χ1) is 14.2. The summed E-state index contributed by atoms with van der Waals surface area (Å²) in [7, 11) is 1.61. The van der Waals surface area contributed by atoms with Gasteiger partial charge >= 0.3 is 0 Å². The Labute approximate surface area is 173 Å². The topological polar surface area (TPSA) is 51.5 Å². The summed E-state index contributed by atoms with van der Waals surface area (Å²) in [5.74, 6) is -0.226. The highest BCUT2D eigenvalue weighted by molar-refractivity contribution is 8.18. The maximum Gasteiger partial charge on any atom is 0.293 e. The van der Waals surface area contributed by atoms with E-state index in [4.69, 9.17) is 4.74 Å². The number of imide groups is 1. The molecule has 0 saturated carbocycles. The van der Waals surface area contributed by atoms with Crippen molar-refractivity contribution in [2.45, 2.75) is 13.0 Å². The van der Waals surface area contributed by atoms with E-state index in [0.29, 0.717) is 24.5 Å². The minimum atomic E-state index is -0.226. The van der Waals surface area contributed by atoms with Gasteiger partial charge in [0.25, 0.3) is 11.1 Å². The van der Waals surface area contributed by atoms with E-state index in [1.54, 1.807) is 7.11 Å². The van der Waals surface area contributed by atoms with Crippen molar-refractivity contribution in [3.8, 4) is 0 Å². The minimum absolute atomic E-state index is 0.217. The van der Waals surface area contributed by atoms with E-state index < -0.39 is 0 Å². The van der Waals surface area contributed by atoms with Crippen LogP contribution in [0.25, 0.3) is 17.0 Å². The van der Waals surface area contributed by atoms with Crippen LogP contribution in [-0.4, -0.2) is 40.9 Å². The van der Waals surface area contributed by atoms with Crippen molar-refractivity contribution >= 4 is 39.9 Å². The van der Waals surface area contributed by atoms with E-state index in [-0.39, 0.29) is 11.1 Å². The third-order valence-electron chi connectivity index (χ3n) is 4.91. The second-order valence-electron chi connectivity index (χ2n) is 6.89. The number of carbonyl (C=O) groups excluding carboxylic acids is 2. The van der Waals surface area contributed by atoms with Crippen LogP contribution < -0.4 is 0 Å². The zero-order valence-corrected chi connectivity index (χ0v) is 17.0. The first-order valence-electron chi connectivity index (χ1n) is 9.53. The van der Waals surface area contributed by atoms with Crippen molar-refractivity contribution in [1.82, 2.24) is 9.47 Å². The molecule has 4 rings (SSSR count). The summed E-state index contributed by atoms with van der Waals surface area (Å²) in [6.45, 7) is 1.65. The highest BCUT2D eigenvalue weighted by atomic mass is 32.2. The number of para-hydroxylation sites is 1. The van der Waals surface area contributed by atoms with Crippen LogP contribution in [-0.2, 0) is 16.1 Å². The normalized spacial score (nSPS) is 15.8. The number of ether oxygens (including phenoxy) is 1. The molecule has 0 bridgehead atoms. The SMILES string of the molecule is COCCCN1C(=O)S/C(=C/c2cn(Cc3ccccc3)c3ccccc23)C1=O. The second kappa shape index (κ2) is 8.68. The Morgan fingerprint density at radius 1 is 1.03 bits per heavy atom. The number of methoxy groups -OCH3 is 1. The van der Waals surface area contributed by atoms with Crippen LogP contribution in [0.4, 0.5) is 4.79 Å². The quantitative estimate of drug-likeness (QED) is 0.419. The number of hydrogen-bond donors (Lipinski definition) is 0. The molecule has 0 N–H and O–H groups in total. The lowest BCUT2D eigenvalue weighted by atomic mass is 10.1. The predicted octanol–water partition coefficient (Wildman–Crippen LogP) is 4.76. The summed E-state index contributed by atoms with van der Waals surface area (Å²) in [5, 5.41) is 0.847. The smallest absolute Gasteiger partial charge is 0.293 e. The monoisotopic (exact) mass is 406 g/mol. The first kappa shape index (κ1) is 19.5. The first-order valence-corrected chi connectivity index (χ1v) is 10.3. The summed E-state index contributed by atoms with van der Waals surface area (Å²) in [4.78, 5) is 26.8. The number of amides is 2. The van der Waals surface area contributed by atoms with E-state index in [0.717, 1.165) is 34.8 Å². The summed E-state index contributed by atoms with van der Waals surface area (Å²) in [6, 6.07) is 18.4. The Balaban J connectivity index is 1.64. The van der Waals surface area contributed by atoms with Gasteiger partial charge in [-0.1, -0.05) is 48.5 Å². The zero-order valence-electron chi connectivity index (χ0n) is 16.2. The van der Waals surface area contributed by atoms with Gasteiger partial charge in [-0.05, 0) is 35.9 Å². The zero-order chi connectivity index (χ0) is 20.2. The molecule has 29 heavy (non-hydrogen) atoms. The van der Waals surface area contributed by atoms with Crippen molar-refractivity contribution in [2.75, 3.05) is 20.3 Å². The van der Waals surface area contributed by atoms with Crippen LogP contribution in [0.3, 0.4) is 0 Å². The molecule has 2 aromatic carbocycles. The van der Waals surface area contributed by atoms with Crippen LogP contribution in [0.5, 0.6) is 0 Å². The Morgan fingerprint density at radius 3 is 2.59 bits per heavy atom. The highest BCUT2D eigenvalue weighted by Gasteiger charge is 2.34. The second-order valence-corrected chi connectivity index (χ2v) is 7.89. The fraction of sp³-hybridized carbons (Fsp3) is 0.217. The average molecular weight is 407 g/mol. The molecular formula is C23H22N2O3S. The Hall–Kier alpha value is -2.83. The molecule has 148 valence electrons. The van der Waals surface area contributed by atoms with Gasteiger partial charge in [0.1, 0.15) is 0 Å². The van der Waals surface area contributed by atoms with E-state index >= 15 is 0 Å². The van der Waals surface area contributed by atoms with Crippen LogP contribution >= 0.6 is 11.8 Å². The molecule has 2 amide bonds. The van der Waals surface area contributed by atoms with E-state index in [1.165, 1.54) is 10.5 Å². The summed E-state index contributed by atoms with van der Waals surface area (Å²) >= 11 is 1.00. The van der Waals surface area contributed by atoms with E-state index in [1.807, 2.05) is 42.5 Å². The largest absolute Gasteiger partial charge is 0.385 e. The maximum atomic E-state index is 12.7. The van der Waals surface area contributed by atoms with Gasteiger partial charge in [0.15, 0.2) is 0 Å². The van der Waals surface area contributed by atoms with Crippen molar-refractivity contribution in [3.63, 3.8) is 0 Å². The number of benzene rings is 2. The van der Waals surface area contributed by atoms with Crippen LogP contribution in [0.2, 0.25) is 0 Å². The molecule has 0 aliphatic carbocycles. The molecule has 0 atom stereocenters. The third-order valence-corrected chi connectivity index (χ3v) is 5.81. The summed E-state index contributed by atoms with van der Waals surface area (Å²) < 4.78 is 7.20. The minimum Gasteiger partial charge on any atom is -0.385 e.